The molecule has 8 atom stereocenters. The summed E-state index contributed by atoms with van der Waals surface area (Å²) in [7, 11) is 29.8. The zero-order valence-corrected chi connectivity index (χ0v) is 33.8. The first-order valence-electron chi connectivity index (χ1n) is 9.87. The van der Waals surface area contributed by atoms with Crippen molar-refractivity contribution in [2.45, 2.75) is 92.4 Å². The van der Waals surface area contributed by atoms with E-state index in [2.05, 4.69) is 27.7 Å². The van der Waals surface area contributed by atoms with Crippen molar-refractivity contribution < 1.29 is 28.4 Å². The first kappa shape index (κ1) is 48.0. The van der Waals surface area contributed by atoms with Crippen LogP contribution in [0.2, 0.25) is 0 Å². The van der Waals surface area contributed by atoms with Crippen molar-refractivity contribution in [1.29, 1.82) is 0 Å². The molecule has 0 spiro atoms. The van der Waals surface area contributed by atoms with E-state index in [9.17, 15) is 0 Å². The summed E-state index contributed by atoms with van der Waals surface area (Å²) in [5.74, 6) is 2.83. The summed E-state index contributed by atoms with van der Waals surface area (Å²) >= 11 is -1.03. The van der Waals surface area contributed by atoms with Crippen molar-refractivity contribution in [3.05, 3.63) is 11.5 Å². The second-order valence-corrected chi connectivity index (χ2v) is 30.7. The van der Waals surface area contributed by atoms with Crippen molar-refractivity contribution in [3.8, 4) is 0 Å². The summed E-state index contributed by atoms with van der Waals surface area (Å²) in [6.45, 7) is 8.91. The van der Waals surface area contributed by atoms with Gasteiger partial charge in [-0.05, 0) is 36.5 Å². The van der Waals surface area contributed by atoms with Gasteiger partial charge in [-0.25, -0.2) is 0 Å². The molecule has 6 N–H and O–H groups in total. The van der Waals surface area contributed by atoms with Gasteiger partial charge in [-0.15, -0.1) is 0 Å². The molecule has 0 aliphatic heterocycles. The minimum absolute atomic E-state index is 0. The van der Waals surface area contributed by atoms with Gasteiger partial charge in [0.25, 0.3) is 0 Å². The zero-order valence-electron chi connectivity index (χ0n) is 18.5. The third-order valence-electron chi connectivity index (χ3n) is 5.52. The predicted octanol–water partition coefficient (Wildman–Crippen LogP) is 8.24. The molecule has 0 amide bonds. The maximum atomic E-state index is 7.51. The Morgan fingerprint density at radius 3 is 1.03 bits per heavy atom. The Kier molecular flexibility index (Phi) is 43.1. The molecule has 0 aromatic heterocycles. The molecule has 198 valence electrons. The summed E-state index contributed by atoms with van der Waals surface area (Å²) in [6, 6.07) is 0.245. The quantitative estimate of drug-likeness (QED) is 0.239. The van der Waals surface area contributed by atoms with E-state index < -0.39 is 28.4 Å². The molecule has 0 bridgehead atoms. The second kappa shape index (κ2) is 28.7. The van der Waals surface area contributed by atoms with Gasteiger partial charge in [0.1, 0.15) is 0 Å². The molecule has 2 rings (SSSR count). The first-order chi connectivity index (χ1) is 13.6. The summed E-state index contributed by atoms with van der Waals surface area (Å²) in [4.78, 5) is 0. The van der Waals surface area contributed by atoms with Gasteiger partial charge in [0.05, 0.1) is 0 Å². The van der Waals surface area contributed by atoms with E-state index in [-0.39, 0.29) is 39.0 Å². The predicted molar refractivity (Wildman–Crippen MR) is 147 cm³/mol. The fraction of sp³-hybridized carbons (Fsp3) is 1.00. The molecular formula is C18H42Cl6K2N4Pt2. The summed E-state index contributed by atoms with van der Waals surface area (Å²) in [6.07, 6.45) is 4.05. The van der Waals surface area contributed by atoms with Crippen LogP contribution in [0.1, 0.15) is 68.2 Å². The second-order valence-electron chi connectivity index (χ2n) is 7.71. The van der Waals surface area contributed by atoms with Gasteiger partial charge in [0.15, 0.2) is 0 Å². The Hall–Kier alpha value is 6.23. The summed E-state index contributed by atoms with van der Waals surface area (Å²) in [5.41, 5.74) is 26.6. The number of rotatable bonds is 0. The van der Waals surface area contributed by atoms with Gasteiger partial charge in [-0.2, -0.15) is 12.1 Å². The Morgan fingerprint density at radius 2 is 0.844 bits per heavy atom. The van der Waals surface area contributed by atoms with Crippen molar-refractivity contribution in [2.75, 3.05) is 0 Å². The average molecular weight is 996 g/mol. The average Bonchev–Trinajstić information content (AvgIpc) is 2.60. The van der Waals surface area contributed by atoms with Crippen LogP contribution in [0.3, 0.4) is 0 Å². The third-order valence-corrected chi connectivity index (χ3v) is 5.52. The van der Waals surface area contributed by atoms with Crippen LogP contribution >= 0.6 is 56.5 Å². The normalized spacial score (nSPS) is 34.1. The van der Waals surface area contributed by atoms with Crippen LogP contribution in [-0.2, 0) is 28.4 Å². The van der Waals surface area contributed by atoms with Crippen LogP contribution in [0, 0.1) is 23.7 Å². The molecular weight excluding hydrogens is 953 g/mol. The SMILES string of the molecule is C.C.CC1CC(N)C(N)CC1C.CC1CC([NH-])C([NH-])CC1C.[Cl][Pt+2][Cl].[Cl][Pt]([Cl])([Cl])[Cl].[K][K]. The monoisotopic (exact) mass is 992 g/mol. The van der Waals surface area contributed by atoms with E-state index in [0.29, 0.717) is 11.8 Å². The van der Waals surface area contributed by atoms with E-state index in [1.54, 1.807) is 0 Å². The minimum atomic E-state index is -3.06. The number of nitrogens with two attached hydrogens (primary N) is 2. The fourth-order valence-corrected chi connectivity index (χ4v) is 3.27. The molecule has 0 radical (unpaired) electrons. The number of nitrogens with one attached hydrogen (secondary N) is 2. The molecule has 4 nitrogen and oxygen atoms in total. The van der Waals surface area contributed by atoms with Gasteiger partial charge >= 0.3 is 148 Å². The molecule has 14 heteroatoms. The molecule has 2 fully saturated rings. The molecule has 0 aromatic carbocycles. The van der Waals surface area contributed by atoms with Gasteiger partial charge in [0.2, 0.25) is 0 Å². The molecule has 0 aromatic rings. The van der Waals surface area contributed by atoms with Crippen LogP contribution in [0.4, 0.5) is 0 Å². The first-order valence-corrected chi connectivity index (χ1v) is 42.8. The Morgan fingerprint density at radius 1 is 0.688 bits per heavy atom. The van der Waals surface area contributed by atoms with Crippen molar-refractivity contribution >= 4 is 120 Å². The number of hydrogen-bond acceptors (Lipinski definition) is 2. The molecule has 32 heavy (non-hydrogen) atoms. The van der Waals surface area contributed by atoms with Crippen LogP contribution in [0.15, 0.2) is 0 Å². The molecule has 8 unspecified atom stereocenters. The summed E-state index contributed by atoms with van der Waals surface area (Å²) < 4.78 is 0. The molecule has 2 aliphatic rings. The Labute approximate surface area is 280 Å². The Balaban J connectivity index is -0.000000104. The van der Waals surface area contributed by atoms with E-state index in [0.717, 1.165) is 37.5 Å². The van der Waals surface area contributed by atoms with Crippen LogP contribution in [0.25, 0.3) is 11.5 Å². The maximum absolute atomic E-state index is 7.51. The van der Waals surface area contributed by atoms with Gasteiger partial charge in [-0.3, -0.25) is 0 Å². The third kappa shape index (κ3) is 30.8. The van der Waals surface area contributed by atoms with Crippen LogP contribution < -0.4 is 11.5 Å². The number of hydrogen-bond donors (Lipinski definition) is 2. The van der Waals surface area contributed by atoms with E-state index in [4.69, 9.17) is 79.4 Å². The Bertz CT molecular complexity index is 321. The van der Waals surface area contributed by atoms with Crippen molar-refractivity contribution in [2.24, 2.45) is 35.1 Å². The molecule has 2 saturated carbocycles. The zero-order chi connectivity index (χ0) is 24.7. The van der Waals surface area contributed by atoms with Crippen LogP contribution in [0.5, 0.6) is 0 Å². The standard InChI is InChI=1S/C8H18N2.C8H16N2.2CH4.6ClH.2K.2Pt/c2*1-5-3-7(9)8(10)4-6(5)2;;;;;;;;;;;;/h5-8H,3-4,9-10H2,1-2H3;5-10H,3-4H2,1-2H3;2*1H4;6*1H;;;;/q;-2;;;;;;;;;;;2*+4/p-6. The molecule has 2 aliphatic carbocycles. The topological polar surface area (TPSA) is 99.6 Å². The molecule has 0 saturated heterocycles. The van der Waals surface area contributed by atoms with E-state index in [1.807, 2.05) is 0 Å². The summed E-state index contributed by atoms with van der Waals surface area (Å²) in [5, 5.41) is 0. The molecule has 0 heterocycles. The van der Waals surface area contributed by atoms with Gasteiger partial charge in [-0.1, -0.05) is 55.4 Å². The fourth-order valence-electron chi connectivity index (χ4n) is 3.27. The van der Waals surface area contributed by atoms with Crippen LogP contribution in [-0.4, -0.2) is 87.3 Å². The van der Waals surface area contributed by atoms with Gasteiger partial charge in [0, 0.05) is 12.1 Å². The van der Waals surface area contributed by atoms with E-state index in [1.165, 1.54) is 63.2 Å². The van der Waals surface area contributed by atoms with Crippen molar-refractivity contribution in [1.82, 2.24) is 0 Å². The van der Waals surface area contributed by atoms with E-state index >= 15 is 0 Å². The van der Waals surface area contributed by atoms with Crippen molar-refractivity contribution in [3.63, 3.8) is 0 Å². The number of halogens is 6. The van der Waals surface area contributed by atoms with Gasteiger partial charge < -0.3 is 22.9 Å².